The largest absolute Gasteiger partial charge is 0.228 e. The molecule has 0 saturated carbocycles. The van der Waals surface area contributed by atoms with E-state index in [1.54, 1.807) is 0 Å². The summed E-state index contributed by atoms with van der Waals surface area (Å²) in [4.78, 5) is 10.8. The molecule has 0 aliphatic heterocycles. The lowest BCUT2D eigenvalue weighted by molar-refractivity contribution is 0.794. The van der Waals surface area contributed by atoms with Crippen LogP contribution >= 0.6 is 0 Å². The third-order valence-electron chi connectivity index (χ3n) is 15.5. The molecule has 0 radical (unpaired) electrons. The van der Waals surface area contributed by atoms with E-state index in [1.807, 2.05) is 0 Å². The zero-order chi connectivity index (χ0) is 46.6. The lowest BCUT2D eigenvalue weighted by atomic mass is 9.70. The zero-order valence-electron chi connectivity index (χ0n) is 38.6. The molecule has 0 fully saturated rings. The first-order valence-corrected chi connectivity index (χ1v) is 24.6. The molecule has 1 heterocycles. The molecule has 12 aromatic carbocycles. The van der Waals surface area contributed by atoms with Crippen LogP contribution in [0.25, 0.3) is 122 Å². The van der Waals surface area contributed by atoms with Gasteiger partial charge in [0.15, 0.2) is 5.82 Å². The van der Waals surface area contributed by atoms with Crippen molar-refractivity contribution in [1.29, 1.82) is 0 Å². The monoisotopic (exact) mass is 898 g/mol. The van der Waals surface area contributed by atoms with Crippen molar-refractivity contribution < 1.29 is 0 Å². The van der Waals surface area contributed by atoms with Crippen LogP contribution in [-0.2, 0) is 5.41 Å². The normalized spacial score (nSPS) is 12.9. The van der Waals surface area contributed by atoms with Crippen molar-refractivity contribution in [2.45, 2.75) is 5.41 Å². The van der Waals surface area contributed by atoms with Crippen molar-refractivity contribution in [2.75, 3.05) is 0 Å². The average Bonchev–Trinajstić information content (AvgIpc) is 3.92. The lowest BCUT2D eigenvalue weighted by Gasteiger charge is -2.30. The second-order valence-electron chi connectivity index (χ2n) is 19.1. The summed E-state index contributed by atoms with van der Waals surface area (Å²) in [5.74, 6) is 0.702. The Morgan fingerprint density at radius 2 is 0.761 bits per heavy atom. The summed E-state index contributed by atoms with van der Waals surface area (Å²) in [6.07, 6.45) is 0. The molecular formula is C69H42N2. The molecule has 13 aromatic rings. The Balaban J connectivity index is 0.915. The maximum Gasteiger partial charge on any atom is 0.160 e. The Hall–Kier alpha value is -9.24. The molecule has 2 nitrogen and oxygen atoms in total. The van der Waals surface area contributed by atoms with Crippen LogP contribution in [0.1, 0.15) is 22.3 Å². The summed E-state index contributed by atoms with van der Waals surface area (Å²) in [7, 11) is 0. The number of nitrogens with zero attached hydrogens (tertiary/aromatic N) is 2. The Labute approximate surface area is 411 Å². The molecule has 2 aliphatic carbocycles. The minimum Gasteiger partial charge on any atom is -0.228 e. The minimum atomic E-state index is -0.444. The van der Waals surface area contributed by atoms with Crippen LogP contribution in [0.4, 0.5) is 0 Å². The Morgan fingerprint density at radius 3 is 1.48 bits per heavy atom. The molecule has 1 aromatic heterocycles. The summed E-state index contributed by atoms with van der Waals surface area (Å²) in [6, 6.07) is 93.5. The van der Waals surface area contributed by atoms with Crippen LogP contribution in [0.2, 0.25) is 0 Å². The maximum absolute atomic E-state index is 5.45. The summed E-state index contributed by atoms with van der Waals surface area (Å²) < 4.78 is 0. The lowest BCUT2D eigenvalue weighted by Crippen LogP contribution is -2.25. The van der Waals surface area contributed by atoms with E-state index in [-0.39, 0.29) is 0 Å². The highest BCUT2D eigenvalue weighted by molar-refractivity contribution is 6.28. The van der Waals surface area contributed by atoms with Gasteiger partial charge in [0.2, 0.25) is 0 Å². The SMILES string of the molecule is c1ccc(-c2nc(-c3ccc4cc(-c5c6ccccc6c(-c6ccccc6)c6ccc7ccccc7c56)ccc4c3)cc(-c3cccc4c3-c3ccccc3C43c4ccccc4-c4ccccc43)n2)cc1. The summed E-state index contributed by atoms with van der Waals surface area (Å²) in [5, 5.41) is 9.85. The number of hydrogen-bond donors (Lipinski definition) is 0. The zero-order valence-corrected chi connectivity index (χ0v) is 38.6. The van der Waals surface area contributed by atoms with Gasteiger partial charge in [0.1, 0.15) is 0 Å². The standard InChI is InChI=1S/C69H42N2/c1-3-19-44(20-4-1)64-53-26-9-10-27-54(53)65(67-50-23-8-7-18-43(50)38-39-57(64)67)49-37-35-46-40-48(36-34-47(46)41-49)62-42-63(71-68(70-62)45-21-5-2-6-22-45)56-29-17-33-61-66(56)55-28-13-16-32-60(55)69(61)58-30-14-11-24-51(58)52-25-12-15-31-59(52)69/h1-42H. The quantitative estimate of drug-likeness (QED) is 0.127. The van der Waals surface area contributed by atoms with Crippen molar-refractivity contribution >= 4 is 43.1 Å². The topological polar surface area (TPSA) is 25.8 Å². The van der Waals surface area contributed by atoms with Gasteiger partial charge in [-0.1, -0.05) is 237 Å². The van der Waals surface area contributed by atoms with Crippen LogP contribution in [0.15, 0.2) is 255 Å². The smallest absolute Gasteiger partial charge is 0.160 e. The van der Waals surface area contributed by atoms with Gasteiger partial charge in [-0.25, -0.2) is 9.97 Å². The Morgan fingerprint density at radius 1 is 0.254 bits per heavy atom. The van der Waals surface area contributed by atoms with E-state index in [1.165, 1.54) is 104 Å². The van der Waals surface area contributed by atoms with Gasteiger partial charge in [0, 0.05) is 16.7 Å². The summed E-state index contributed by atoms with van der Waals surface area (Å²) in [5.41, 5.74) is 19.8. The fourth-order valence-electron chi connectivity index (χ4n) is 12.5. The minimum absolute atomic E-state index is 0.444. The van der Waals surface area contributed by atoms with Gasteiger partial charge in [0.05, 0.1) is 16.8 Å². The predicted molar refractivity (Wildman–Crippen MR) is 296 cm³/mol. The van der Waals surface area contributed by atoms with E-state index in [9.17, 15) is 0 Å². The van der Waals surface area contributed by atoms with Crippen molar-refractivity contribution in [2.24, 2.45) is 0 Å². The molecule has 0 bridgehead atoms. The van der Waals surface area contributed by atoms with Crippen LogP contribution in [0, 0.1) is 0 Å². The van der Waals surface area contributed by atoms with E-state index in [4.69, 9.17) is 9.97 Å². The molecule has 0 saturated heterocycles. The molecule has 328 valence electrons. The van der Waals surface area contributed by atoms with Gasteiger partial charge < -0.3 is 0 Å². The number of aromatic nitrogens is 2. The second-order valence-corrected chi connectivity index (χ2v) is 19.1. The van der Waals surface area contributed by atoms with Crippen LogP contribution in [-0.4, -0.2) is 9.97 Å². The Kier molecular flexibility index (Phi) is 8.61. The van der Waals surface area contributed by atoms with Crippen molar-refractivity contribution in [1.82, 2.24) is 9.97 Å². The molecule has 1 spiro atoms. The maximum atomic E-state index is 5.45. The van der Waals surface area contributed by atoms with Gasteiger partial charge in [-0.15, -0.1) is 0 Å². The fourth-order valence-corrected chi connectivity index (χ4v) is 12.5. The van der Waals surface area contributed by atoms with E-state index >= 15 is 0 Å². The summed E-state index contributed by atoms with van der Waals surface area (Å²) >= 11 is 0. The first-order chi connectivity index (χ1) is 35.2. The highest BCUT2D eigenvalue weighted by Gasteiger charge is 2.52. The third-order valence-corrected chi connectivity index (χ3v) is 15.5. The molecule has 0 unspecified atom stereocenters. The number of fused-ring (bicyclic) bond motifs is 15. The molecular weight excluding hydrogens is 857 g/mol. The van der Waals surface area contributed by atoms with Gasteiger partial charge in [-0.05, 0) is 128 Å². The predicted octanol–water partition coefficient (Wildman–Crippen LogP) is 17.8. The van der Waals surface area contributed by atoms with E-state index in [2.05, 4.69) is 255 Å². The Bertz CT molecular complexity index is 4290. The first-order valence-electron chi connectivity index (χ1n) is 24.6. The second kappa shape index (κ2) is 15.4. The first kappa shape index (κ1) is 39.7. The van der Waals surface area contributed by atoms with Crippen LogP contribution in [0.3, 0.4) is 0 Å². The van der Waals surface area contributed by atoms with Crippen molar-refractivity contribution in [3.8, 4) is 78.4 Å². The number of hydrogen-bond acceptors (Lipinski definition) is 2. The molecule has 0 N–H and O–H groups in total. The molecule has 15 rings (SSSR count). The van der Waals surface area contributed by atoms with E-state index in [0.29, 0.717) is 5.82 Å². The third kappa shape index (κ3) is 5.77. The molecule has 0 atom stereocenters. The highest BCUT2D eigenvalue weighted by Crippen LogP contribution is 2.64. The van der Waals surface area contributed by atoms with Gasteiger partial charge in [-0.2, -0.15) is 0 Å². The number of rotatable bonds is 5. The van der Waals surface area contributed by atoms with Crippen LogP contribution < -0.4 is 0 Å². The van der Waals surface area contributed by atoms with Gasteiger partial charge in [-0.3, -0.25) is 0 Å². The van der Waals surface area contributed by atoms with Gasteiger partial charge in [0.25, 0.3) is 0 Å². The molecule has 2 heteroatoms. The summed E-state index contributed by atoms with van der Waals surface area (Å²) in [6.45, 7) is 0. The van der Waals surface area contributed by atoms with Crippen molar-refractivity contribution in [3.63, 3.8) is 0 Å². The highest BCUT2D eigenvalue weighted by atomic mass is 14.9. The average molecular weight is 899 g/mol. The molecule has 71 heavy (non-hydrogen) atoms. The van der Waals surface area contributed by atoms with Crippen LogP contribution in [0.5, 0.6) is 0 Å². The van der Waals surface area contributed by atoms with Crippen molar-refractivity contribution in [3.05, 3.63) is 277 Å². The van der Waals surface area contributed by atoms with E-state index in [0.717, 1.165) is 33.5 Å². The molecule has 0 amide bonds. The number of benzene rings is 12. The van der Waals surface area contributed by atoms with Gasteiger partial charge >= 0.3 is 0 Å². The fraction of sp³-hybridized carbons (Fsp3) is 0.0145. The van der Waals surface area contributed by atoms with E-state index < -0.39 is 5.41 Å². The molecule has 2 aliphatic rings.